The summed E-state index contributed by atoms with van der Waals surface area (Å²) in [6.07, 6.45) is -2.59. The quantitative estimate of drug-likeness (QED) is 0.630. The van der Waals surface area contributed by atoms with E-state index in [-0.39, 0.29) is 6.04 Å². The van der Waals surface area contributed by atoms with Gasteiger partial charge in [0, 0.05) is 6.04 Å². The summed E-state index contributed by atoms with van der Waals surface area (Å²) >= 11 is 0. The topological polar surface area (TPSA) is 69.6 Å². The highest BCUT2D eigenvalue weighted by molar-refractivity contribution is 5.71. The van der Waals surface area contributed by atoms with Gasteiger partial charge in [-0.25, -0.2) is 13.6 Å². The number of likely N-dealkylation sites (N-methyl/N-ethyl adjacent to an activating group) is 1. The molecular weight excluding hydrogens is 196 g/mol. The summed E-state index contributed by atoms with van der Waals surface area (Å²) in [6, 6.07) is -0.153. The van der Waals surface area contributed by atoms with Gasteiger partial charge in [0.1, 0.15) is 6.67 Å². The van der Waals surface area contributed by atoms with Crippen molar-refractivity contribution in [3.8, 4) is 0 Å². The second kappa shape index (κ2) is 8.83. The molecule has 0 aliphatic rings. The lowest BCUT2D eigenvalue weighted by Crippen LogP contribution is -2.35. The number of aliphatic hydroxyl groups is 1. The Bertz CT molecular complexity index is 148. The third-order valence-electron chi connectivity index (χ3n) is 1.53. The first kappa shape index (κ1) is 15.7. The van der Waals surface area contributed by atoms with E-state index in [1.54, 1.807) is 14.0 Å². The van der Waals surface area contributed by atoms with Crippen molar-refractivity contribution in [3.63, 3.8) is 0 Å². The summed E-state index contributed by atoms with van der Waals surface area (Å²) in [7, 11) is 1.68. The highest BCUT2D eigenvalue weighted by Crippen LogP contribution is 1.90. The molecule has 14 heavy (non-hydrogen) atoms. The van der Waals surface area contributed by atoms with Gasteiger partial charge in [-0.2, -0.15) is 0 Å². The van der Waals surface area contributed by atoms with E-state index in [0.29, 0.717) is 0 Å². The third-order valence-corrected chi connectivity index (χ3v) is 1.53. The predicted octanol–water partition coefficient (Wildman–Crippen LogP) is 0.354. The minimum absolute atomic E-state index is 0.153. The zero-order valence-electron chi connectivity index (χ0n) is 8.50. The van der Waals surface area contributed by atoms with Crippen LogP contribution in [0.1, 0.15) is 13.8 Å². The SMILES string of the molecule is CC(F)C(=O)O.CNC(C)C(O)CF. The van der Waals surface area contributed by atoms with Crippen LogP contribution in [-0.2, 0) is 4.79 Å². The minimum Gasteiger partial charge on any atom is -0.479 e. The summed E-state index contributed by atoms with van der Waals surface area (Å²) in [6.45, 7) is 2.02. The van der Waals surface area contributed by atoms with E-state index in [0.717, 1.165) is 6.92 Å². The Labute approximate surface area is 81.9 Å². The second-order valence-electron chi connectivity index (χ2n) is 2.75. The van der Waals surface area contributed by atoms with E-state index < -0.39 is 24.9 Å². The smallest absolute Gasteiger partial charge is 0.337 e. The number of carbonyl (C=O) groups is 1. The van der Waals surface area contributed by atoms with Gasteiger partial charge in [0.25, 0.3) is 0 Å². The molecular formula is C8H17F2NO3. The molecule has 0 saturated carbocycles. The summed E-state index contributed by atoms with van der Waals surface area (Å²) in [5.41, 5.74) is 0. The first-order chi connectivity index (χ1) is 6.36. The highest BCUT2D eigenvalue weighted by atomic mass is 19.1. The molecule has 0 aromatic rings. The largest absolute Gasteiger partial charge is 0.479 e. The van der Waals surface area contributed by atoms with Crippen LogP contribution in [-0.4, -0.2) is 48.2 Å². The number of aliphatic hydroxyl groups excluding tert-OH is 1. The Morgan fingerprint density at radius 1 is 1.50 bits per heavy atom. The fourth-order valence-corrected chi connectivity index (χ4v) is 0.326. The van der Waals surface area contributed by atoms with Crippen LogP contribution in [0.4, 0.5) is 8.78 Å². The number of carboxylic acid groups (broad SMARTS) is 1. The molecule has 3 atom stereocenters. The molecule has 0 radical (unpaired) electrons. The van der Waals surface area contributed by atoms with E-state index in [1.165, 1.54) is 0 Å². The van der Waals surface area contributed by atoms with E-state index in [9.17, 15) is 13.6 Å². The van der Waals surface area contributed by atoms with Crippen LogP contribution in [0.2, 0.25) is 0 Å². The number of carboxylic acids is 1. The van der Waals surface area contributed by atoms with Gasteiger partial charge in [-0.15, -0.1) is 0 Å². The Kier molecular flexibility index (Phi) is 9.91. The Morgan fingerprint density at radius 2 is 1.86 bits per heavy atom. The highest BCUT2D eigenvalue weighted by Gasteiger charge is 2.09. The molecule has 0 aromatic heterocycles. The Balaban J connectivity index is 0. The fourth-order valence-electron chi connectivity index (χ4n) is 0.326. The molecule has 3 N–H and O–H groups in total. The van der Waals surface area contributed by atoms with Crippen molar-refractivity contribution in [1.29, 1.82) is 0 Å². The molecule has 4 nitrogen and oxygen atoms in total. The molecule has 6 heteroatoms. The van der Waals surface area contributed by atoms with Crippen LogP contribution in [0.15, 0.2) is 0 Å². The average molecular weight is 213 g/mol. The minimum atomic E-state index is -1.73. The van der Waals surface area contributed by atoms with Gasteiger partial charge < -0.3 is 15.5 Å². The lowest BCUT2D eigenvalue weighted by atomic mass is 10.2. The van der Waals surface area contributed by atoms with Crippen LogP contribution < -0.4 is 5.32 Å². The zero-order chi connectivity index (χ0) is 11.7. The summed E-state index contributed by atoms with van der Waals surface area (Å²) < 4.78 is 22.8. The number of rotatable bonds is 4. The van der Waals surface area contributed by atoms with Crippen molar-refractivity contribution in [2.45, 2.75) is 32.2 Å². The van der Waals surface area contributed by atoms with Gasteiger partial charge in [-0.3, -0.25) is 0 Å². The van der Waals surface area contributed by atoms with E-state index >= 15 is 0 Å². The van der Waals surface area contributed by atoms with E-state index in [4.69, 9.17) is 10.2 Å². The normalized spacial score (nSPS) is 16.1. The molecule has 86 valence electrons. The maximum atomic E-state index is 11.5. The molecule has 0 amide bonds. The molecule has 0 heterocycles. The van der Waals surface area contributed by atoms with Crippen LogP contribution in [0.5, 0.6) is 0 Å². The lowest BCUT2D eigenvalue weighted by molar-refractivity contribution is -0.142. The molecule has 0 bridgehead atoms. The Hall–Kier alpha value is -0.750. The molecule has 0 fully saturated rings. The van der Waals surface area contributed by atoms with Crippen molar-refractivity contribution in [1.82, 2.24) is 5.32 Å². The number of hydrogen-bond acceptors (Lipinski definition) is 3. The summed E-state index contributed by atoms with van der Waals surface area (Å²) in [5.74, 6) is -1.41. The lowest BCUT2D eigenvalue weighted by Gasteiger charge is -2.13. The van der Waals surface area contributed by atoms with Crippen LogP contribution >= 0.6 is 0 Å². The number of hydrogen-bond donors (Lipinski definition) is 3. The fraction of sp³-hybridized carbons (Fsp3) is 0.875. The van der Waals surface area contributed by atoms with Crippen LogP contribution in [0.3, 0.4) is 0 Å². The van der Waals surface area contributed by atoms with Crippen molar-refractivity contribution < 1.29 is 23.8 Å². The maximum Gasteiger partial charge on any atom is 0.337 e. The first-order valence-electron chi connectivity index (χ1n) is 4.15. The van der Waals surface area contributed by atoms with Gasteiger partial charge in [0.05, 0.1) is 6.10 Å². The van der Waals surface area contributed by atoms with Crippen LogP contribution in [0, 0.1) is 0 Å². The zero-order valence-corrected chi connectivity index (χ0v) is 8.50. The standard InChI is InChI=1S/C5H12FNO.C3H5FO2/c1-4(7-2)5(8)3-6;1-2(4)3(5)6/h4-5,7-8H,3H2,1-2H3;2H,1H3,(H,5,6). The van der Waals surface area contributed by atoms with E-state index in [1.807, 2.05) is 0 Å². The predicted molar refractivity (Wildman–Crippen MR) is 48.7 cm³/mol. The monoisotopic (exact) mass is 213 g/mol. The summed E-state index contributed by atoms with van der Waals surface area (Å²) in [5, 5.41) is 19.0. The third kappa shape index (κ3) is 9.34. The molecule has 0 saturated heterocycles. The molecule has 0 aliphatic heterocycles. The van der Waals surface area contributed by atoms with Gasteiger partial charge in [0.15, 0.2) is 6.17 Å². The second-order valence-corrected chi connectivity index (χ2v) is 2.75. The molecule has 0 aliphatic carbocycles. The number of nitrogens with one attached hydrogen (secondary N) is 1. The summed E-state index contributed by atoms with van der Waals surface area (Å²) in [4.78, 5) is 9.32. The van der Waals surface area contributed by atoms with Gasteiger partial charge in [-0.1, -0.05) is 0 Å². The van der Waals surface area contributed by atoms with E-state index in [2.05, 4.69) is 5.32 Å². The molecule has 3 unspecified atom stereocenters. The van der Waals surface area contributed by atoms with Gasteiger partial charge in [0.2, 0.25) is 0 Å². The number of halogens is 2. The van der Waals surface area contributed by atoms with Gasteiger partial charge >= 0.3 is 5.97 Å². The molecule has 0 spiro atoms. The van der Waals surface area contributed by atoms with Crippen molar-refractivity contribution in [3.05, 3.63) is 0 Å². The van der Waals surface area contributed by atoms with Crippen molar-refractivity contribution in [2.75, 3.05) is 13.7 Å². The molecule has 0 aromatic carbocycles. The number of alkyl halides is 2. The van der Waals surface area contributed by atoms with Crippen molar-refractivity contribution >= 4 is 5.97 Å². The van der Waals surface area contributed by atoms with Gasteiger partial charge in [-0.05, 0) is 20.9 Å². The number of aliphatic carboxylic acids is 1. The molecule has 0 rings (SSSR count). The Morgan fingerprint density at radius 3 is 1.93 bits per heavy atom. The van der Waals surface area contributed by atoms with Crippen molar-refractivity contribution in [2.24, 2.45) is 0 Å². The van der Waals surface area contributed by atoms with Crippen LogP contribution in [0.25, 0.3) is 0 Å². The first-order valence-corrected chi connectivity index (χ1v) is 4.15. The average Bonchev–Trinajstić information content (AvgIpc) is 2.16. The maximum absolute atomic E-state index is 11.5.